The van der Waals surface area contributed by atoms with E-state index in [1.807, 2.05) is 0 Å². The highest BCUT2D eigenvalue weighted by Crippen LogP contribution is 2.47. The minimum atomic E-state index is -0.287. The number of nitrogens with one attached hydrogen (secondary N) is 1. The molecule has 0 aliphatic carbocycles. The molecule has 0 radical (unpaired) electrons. The van der Waals surface area contributed by atoms with Crippen LogP contribution in [0.3, 0.4) is 0 Å². The topological polar surface area (TPSA) is 49.4 Å². The number of hydrogen-bond acceptors (Lipinski definition) is 3. The molecule has 2 saturated heterocycles. The SMILES string of the molecule is C=CCCNC(=O)C1CSC2(C)CCC(=O)N12. The summed E-state index contributed by atoms with van der Waals surface area (Å²) in [5.41, 5.74) is 0. The standard InChI is InChI=1S/C12H18N2O2S/c1-3-4-7-13-11(16)9-8-17-12(2)6-5-10(15)14(9)12/h3,9H,1,4-8H2,2H3,(H,13,16). The van der Waals surface area contributed by atoms with Crippen molar-refractivity contribution in [3.05, 3.63) is 12.7 Å². The maximum atomic E-state index is 12.0. The molecule has 4 nitrogen and oxygen atoms in total. The molecule has 2 amide bonds. The Labute approximate surface area is 106 Å². The number of carbonyl (C=O) groups excluding carboxylic acids is 2. The lowest BCUT2D eigenvalue weighted by Crippen LogP contribution is -2.50. The van der Waals surface area contributed by atoms with Crippen molar-refractivity contribution >= 4 is 23.6 Å². The van der Waals surface area contributed by atoms with Crippen molar-refractivity contribution in [2.45, 2.75) is 37.1 Å². The Hall–Kier alpha value is -0.970. The molecule has 2 unspecified atom stereocenters. The van der Waals surface area contributed by atoms with Crippen LogP contribution in [0.5, 0.6) is 0 Å². The van der Waals surface area contributed by atoms with E-state index < -0.39 is 0 Å². The molecular weight excluding hydrogens is 236 g/mol. The third-order valence-electron chi connectivity index (χ3n) is 3.40. The van der Waals surface area contributed by atoms with Gasteiger partial charge >= 0.3 is 0 Å². The summed E-state index contributed by atoms with van der Waals surface area (Å²) in [6.45, 7) is 6.27. The van der Waals surface area contributed by atoms with Crippen LogP contribution in [0.15, 0.2) is 12.7 Å². The van der Waals surface area contributed by atoms with E-state index in [0.29, 0.717) is 18.7 Å². The maximum absolute atomic E-state index is 12.0. The fourth-order valence-corrected chi connectivity index (χ4v) is 3.86. The lowest BCUT2D eigenvalue weighted by molar-refractivity contribution is -0.137. The summed E-state index contributed by atoms with van der Waals surface area (Å²) in [5.74, 6) is 0.794. The van der Waals surface area contributed by atoms with Crippen LogP contribution in [0.4, 0.5) is 0 Å². The van der Waals surface area contributed by atoms with E-state index in [1.165, 1.54) is 0 Å². The Morgan fingerprint density at radius 3 is 3.24 bits per heavy atom. The minimum absolute atomic E-state index is 0.0293. The second-order valence-corrected chi connectivity index (χ2v) is 6.14. The Balaban J connectivity index is 2.00. The molecule has 17 heavy (non-hydrogen) atoms. The van der Waals surface area contributed by atoms with Gasteiger partial charge in [0.05, 0.1) is 4.87 Å². The fraction of sp³-hybridized carbons (Fsp3) is 0.667. The van der Waals surface area contributed by atoms with Gasteiger partial charge in [-0.05, 0) is 19.8 Å². The van der Waals surface area contributed by atoms with Gasteiger partial charge in [-0.2, -0.15) is 0 Å². The van der Waals surface area contributed by atoms with Crippen molar-refractivity contribution in [1.29, 1.82) is 0 Å². The van der Waals surface area contributed by atoms with Gasteiger partial charge in [-0.1, -0.05) is 6.08 Å². The van der Waals surface area contributed by atoms with Crippen molar-refractivity contribution in [1.82, 2.24) is 10.2 Å². The molecule has 0 spiro atoms. The Bertz CT molecular complexity index is 358. The van der Waals surface area contributed by atoms with Crippen molar-refractivity contribution in [2.24, 2.45) is 0 Å². The molecule has 0 aromatic carbocycles. The van der Waals surface area contributed by atoms with Crippen molar-refractivity contribution < 1.29 is 9.59 Å². The van der Waals surface area contributed by atoms with E-state index in [-0.39, 0.29) is 22.7 Å². The number of nitrogens with zero attached hydrogens (tertiary/aromatic N) is 1. The highest BCUT2D eigenvalue weighted by atomic mass is 32.2. The normalized spacial score (nSPS) is 31.5. The van der Waals surface area contributed by atoms with E-state index in [0.717, 1.165) is 12.8 Å². The summed E-state index contributed by atoms with van der Waals surface area (Å²) in [5, 5.41) is 2.86. The molecule has 2 aliphatic heterocycles. The molecule has 2 atom stereocenters. The van der Waals surface area contributed by atoms with Crippen LogP contribution >= 0.6 is 11.8 Å². The van der Waals surface area contributed by atoms with E-state index in [2.05, 4.69) is 18.8 Å². The third-order valence-corrected chi connectivity index (χ3v) is 4.90. The van der Waals surface area contributed by atoms with Crippen LogP contribution in [0.1, 0.15) is 26.2 Å². The third kappa shape index (κ3) is 2.20. The van der Waals surface area contributed by atoms with Crippen LogP contribution in [0.25, 0.3) is 0 Å². The molecule has 2 rings (SSSR count). The van der Waals surface area contributed by atoms with Gasteiger partial charge in [-0.25, -0.2) is 0 Å². The van der Waals surface area contributed by atoms with Crippen LogP contribution in [0, 0.1) is 0 Å². The Kier molecular flexibility index (Phi) is 3.47. The lowest BCUT2D eigenvalue weighted by Gasteiger charge is -2.29. The number of carbonyl (C=O) groups is 2. The van der Waals surface area contributed by atoms with E-state index in [1.54, 1.807) is 22.7 Å². The summed E-state index contributed by atoms with van der Waals surface area (Å²) in [7, 11) is 0. The number of thioether (sulfide) groups is 1. The van der Waals surface area contributed by atoms with Crippen LogP contribution in [-0.2, 0) is 9.59 Å². The van der Waals surface area contributed by atoms with Gasteiger partial charge < -0.3 is 10.2 Å². The summed E-state index contributed by atoms with van der Waals surface area (Å²) in [6.07, 6.45) is 3.96. The summed E-state index contributed by atoms with van der Waals surface area (Å²) in [4.78, 5) is 25.4. The summed E-state index contributed by atoms with van der Waals surface area (Å²) >= 11 is 1.72. The molecule has 2 aliphatic rings. The van der Waals surface area contributed by atoms with Gasteiger partial charge in [-0.15, -0.1) is 18.3 Å². The molecule has 2 fully saturated rings. The summed E-state index contributed by atoms with van der Waals surface area (Å²) in [6, 6.07) is -0.287. The van der Waals surface area contributed by atoms with Crippen molar-refractivity contribution in [3.8, 4) is 0 Å². The van der Waals surface area contributed by atoms with Crippen LogP contribution < -0.4 is 5.32 Å². The first-order valence-corrected chi connectivity index (χ1v) is 6.92. The molecule has 94 valence electrons. The molecule has 0 aromatic rings. The Morgan fingerprint density at radius 1 is 1.76 bits per heavy atom. The van der Waals surface area contributed by atoms with Gasteiger partial charge in [-0.3, -0.25) is 9.59 Å². The monoisotopic (exact) mass is 254 g/mol. The van der Waals surface area contributed by atoms with Crippen LogP contribution in [0.2, 0.25) is 0 Å². The van der Waals surface area contributed by atoms with E-state index >= 15 is 0 Å². The second kappa shape index (κ2) is 4.72. The summed E-state index contributed by atoms with van der Waals surface area (Å²) < 4.78 is 0. The molecule has 0 bridgehead atoms. The van der Waals surface area contributed by atoms with Crippen LogP contribution in [-0.4, -0.2) is 39.9 Å². The van der Waals surface area contributed by atoms with E-state index in [9.17, 15) is 9.59 Å². The first-order valence-electron chi connectivity index (χ1n) is 5.93. The highest BCUT2D eigenvalue weighted by molar-refractivity contribution is 8.01. The van der Waals surface area contributed by atoms with Gasteiger partial charge in [0, 0.05) is 18.7 Å². The zero-order chi connectivity index (χ0) is 12.5. The number of hydrogen-bond donors (Lipinski definition) is 1. The lowest BCUT2D eigenvalue weighted by atomic mass is 10.2. The number of fused-ring (bicyclic) bond motifs is 1. The molecule has 5 heteroatoms. The zero-order valence-corrected chi connectivity index (χ0v) is 10.9. The largest absolute Gasteiger partial charge is 0.354 e. The molecule has 0 saturated carbocycles. The Morgan fingerprint density at radius 2 is 2.53 bits per heavy atom. The van der Waals surface area contributed by atoms with Gasteiger partial charge in [0.15, 0.2) is 0 Å². The highest BCUT2D eigenvalue weighted by Gasteiger charge is 2.52. The minimum Gasteiger partial charge on any atom is -0.354 e. The predicted molar refractivity (Wildman–Crippen MR) is 68.6 cm³/mol. The van der Waals surface area contributed by atoms with Crippen molar-refractivity contribution in [2.75, 3.05) is 12.3 Å². The van der Waals surface area contributed by atoms with Gasteiger partial charge in [0.2, 0.25) is 11.8 Å². The predicted octanol–water partition coefficient (Wildman–Crippen LogP) is 1.13. The van der Waals surface area contributed by atoms with E-state index in [4.69, 9.17) is 0 Å². The van der Waals surface area contributed by atoms with Gasteiger partial charge in [0.25, 0.3) is 0 Å². The maximum Gasteiger partial charge on any atom is 0.243 e. The number of amides is 2. The molecule has 0 aromatic heterocycles. The van der Waals surface area contributed by atoms with Gasteiger partial charge in [0.1, 0.15) is 6.04 Å². The molecule has 2 heterocycles. The number of rotatable bonds is 4. The molecule has 1 N–H and O–H groups in total. The average Bonchev–Trinajstić information content (AvgIpc) is 2.77. The average molecular weight is 254 g/mol. The first kappa shape index (κ1) is 12.5. The van der Waals surface area contributed by atoms with Crippen molar-refractivity contribution in [3.63, 3.8) is 0 Å². The zero-order valence-electron chi connectivity index (χ0n) is 10.1. The quantitative estimate of drug-likeness (QED) is 0.604. The fourth-order valence-electron chi connectivity index (χ4n) is 2.43. The molecular formula is C12H18N2O2S. The second-order valence-electron chi connectivity index (χ2n) is 4.63. The first-order chi connectivity index (χ1) is 8.08. The smallest absolute Gasteiger partial charge is 0.243 e.